The van der Waals surface area contributed by atoms with Crippen LogP contribution in [0, 0.1) is 0 Å². The average molecular weight is 277 g/mol. The van der Waals surface area contributed by atoms with E-state index in [1.165, 1.54) is 7.11 Å². The summed E-state index contributed by atoms with van der Waals surface area (Å²) in [5.74, 6) is -0.510. The Morgan fingerprint density at radius 1 is 1.40 bits per heavy atom. The highest BCUT2D eigenvalue weighted by Gasteiger charge is 2.34. The van der Waals surface area contributed by atoms with Crippen LogP contribution in [-0.4, -0.2) is 43.1 Å². The van der Waals surface area contributed by atoms with Crippen molar-refractivity contribution in [2.24, 2.45) is 0 Å². The molecule has 0 amide bonds. The Hall–Kier alpha value is -1.88. The molecule has 2 atom stereocenters. The van der Waals surface area contributed by atoms with Crippen molar-refractivity contribution in [2.75, 3.05) is 14.2 Å². The number of esters is 2. The van der Waals surface area contributed by atoms with Gasteiger partial charge < -0.3 is 9.47 Å². The van der Waals surface area contributed by atoms with Gasteiger partial charge in [0.1, 0.15) is 12.1 Å². The lowest BCUT2D eigenvalue weighted by Crippen LogP contribution is -2.34. The summed E-state index contributed by atoms with van der Waals surface area (Å²) in [6.45, 7) is 2.53. The molecule has 5 heteroatoms. The molecule has 1 heterocycles. The van der Waals surface area contributed by atoms with Crippen molar-refractivity contribution in [3.8, 4) is 0 Å². The largest absolute Gasteiger partial charge is 0.465 e. The lowest BCUT2D eigenvalue weighted by molar-refractivity contribution is -0.144. The van der Waals surface area contributed by atoms with Crippen LogP contribution in [-0.2, 0) is 20.8 Å². The minimum atomic E-state index is -0.349. The molecule has 0 aromatic heterocycles. The summed E-state index contributed by atoms with van der Waals surface area (Å²) < 4.78 is 9.81. The Morgan fingerprint density at radius 3 is 2.55 bits per heavy atom. The molecule has 1 aliphatic rings. The van der Waals surface area contributed by atoms with Gasteiger partial charge in [-0.15, -0.1) is 0 Å². The van der Waals surface area contributed by atoms with Crippen molar-refractivity contribution in [2.45, 2.75) is 32.0 Å². The minimum absolute atomic E-state index is 0.0170. The van der Waals surface area contributed by atoms with Crippen LogP contribution < -0.4 is 0 Å². The summed E-state index contributed by atoms with van der Waals surface area (Å²) in [6, 6.07) is 7.00. The molecular weight excluding hydrogens is 258 g/mol. The molecule has 5 nitrogen and oxygen atoms in total. The van der Waals surface area contributed by atoms with Crippen molar-refractivity contribution >= 4 is 11.9 Å². The van der Waals surface area contributed by atoms with E-state index in [1.807, 2.05) is 31.0 Å². The zero-order valence-corrected chi connectivity index (χ0v) is 12.0. The third-order valence-corrected chi connectivity index (χ3v) is 3.48. The van der Waals surface area contributed by atoms with Gasteiger partial charge in [0.05, 0.1) is 12.7 Å². The number of carbonyl (C=O) groups is 2. The monoisotopic (exact) mass is 277 g/mol. The fourth-order valence-corrected chi connectivity index (χ4v) is 2.36. The van der Waals surface area contributed by atoms with E-state index in [1.54, 1.807) is 12.1 Å². The first-order valence-electron chi connectivity index (χ1n) is 6.59. The van der Waals surface area contributed by atoms with Crippen molar-refractivity contribution in [1.29, 1.82) is 0 Å². The first-order valence-corrected chi connectivity index (χ1v) is 6.59. The Balaban J connectivity index is 1.99. The summed E-state index contributed by atoms with van der Waals surface area (Å²) in [5.41, 5.74) is 1.56. The predicted octanol–water partition coefficient (Wildman–Crippen LogP) is 1.61. The molecule has 0 unspecified atom stereocenters. The molecule has 2 rings (SSSR count). The van der Waals surface area contributed by atoms with Crippen LogP contribution in [0.5, 0.6) is 0 Å². The first-order chi connectivity index (χ1) is 9.51. The molecule has 20 heavy (non-hydrogen) atoms. The zero-order valence-electron chi connectivity index (χ0n) is 12.0. The van der Waals surface area contributed by atoms with Crippen molar-refractivity contribution < 1.29 is 19.1 Å². The first kappa shape index (κ1) is 14.5. The molecule has 1 saturated heterocycles. The van der Waals surface area contributed by atoms with Crippen LogP contribution in [0.25, 0.3) is 0 Å². The fraction of sp³-hybridized carbons (Fsp3) is 0.467. The van der Waals surface area contributed by atoms with Gasteiger partial charge in [-0.2, -0.15) is 0 Å². The van der Waals surface area contributed by atoms with Gasteiger partial charge in [0.2, 0.25) is 0 Å². The minimum Gasteiger partial charge on any atom is -0.465 e. The number of methoxy groups -OCH3 is 1. The second kappa shape index (κ2) is 6.05. The smallest absolute Gasteiger partial charge is 0.337 e. The maximum atomic E-state index is 11.7. The quantitative estimate of drug-likeness (QED) is 0.783. The zero-order chi connectivity index (χ0) is 14.7. The average Bonchev–Trinajstić information content (AvgIpc) is 2.78. The Kier molecular flexibility index (Phi) is 4.39. The SMILES string of the molecule is COC(=O)c1ccc(CN(C)[C@H]2C[C@H](C)OC2=O)cc1. The molecule has 0 radical (unpaired) electrons. The number of likely N-dealkylation sites (N-methyl/N-ethyl adjacent to an activating group) is 1. The summed E-state index contributed by atoms with van der Waals surface area (Å²) in [7, 11) is 3.26. The summed E-state index contributed by atoms with van der Waals surface area (Å²) in [6.07, 6.45) is 0.701. The Labute approximate surface area is 118 Å². The molecule has 0 N–H and O–H groups in total. The van der Waals surface area contributed by atoms with Gasteiger partial charge in [0, 0.05) is 13.0 Å². The second-order valence-corrected chi connectivity index (χ2v) is 5.10. The molecule has 0 bridgehead atoms. The maximum absolute atomic E-state index is 11.7. The van der Waals surface area contributed by atoms with Gasteiger partial charge in [-0.3, -0.25) is 9.69 Å². The third kappa shape index (κ3) is 3.17. The number of carbonyl (C=O) groups excluding carboxylic acids is 2. The lowest BCUT2D eigenvalue weighted by Gasteiger charge is -2.21. The summed E-state index contributed by atoms with van der Waals surface area (Å²) in [5, 5.41) is 0. The van der Waals surface area contributed by atoms with Gasteiger partial charge in [-0.05, 0) is 31.7 Å². The topological polar surface area (TPSA) is 55.8 Å². The predicted molar refractivity (Wildman–Crippen MR) is 73.2 cm³/mol. The van der Waals surface area contributed by atoms with Gasteiger partial charge in [-0.25, -0.2) is 4.79 Å². The number of cyclic esters (lactones) is 1. The van der Waals surface area contributed by atoms with Gasteiger partial charge in [0.15, 0.2) is 0 Å². The molecule has 1 fully saturated rings. The number of ether oxygens (including phenoxy) is 2. The van der Waals surface area contributed by atoms with E-state index < -0.39 is 0 Å². The van der Waals surface area contributed by atoms with Crippen LogP contribution in [0.1, 0.15) is 29.3 Å². The van der Waals surface area contributed by atoms with Crippen LogP contribution in [0.3, 0.4) is 0 Å². The summed E-state index contributed by atoms with van der Waals surface area (Å²) >= 11 is 0. The highest BCUT2D eigenvalue weighted by Crippen LogP contribution is 2.20. The molecular formula is C15H19NO4. The van der Waals surface area contributed by atoms with Crippen LogP contribution in [0.2, 0.25) is 0 Å². The van der Waals surface area contributed by atoms with Gasteiger partial charge >= 0.3 is 11.9 Å². The standard InChI is InChI=1S/C15H19NO4/c1-10-8-13(15(18)20-10)16(2)9-11-4-6-12(7-5-11)14(17)19-3/h4-7,10,13H,8-9H2,1-3H3/t10-,13-/m0/s1. The molecule has 1 aromatic rings. The highest BCUT2D eigenvalue weighted by molar-refractivity contribution is 5.89. The molecule has 0 saturated carbocycles. The molecule has 0 spiro atoms. The number of rotatable bonds is 4. The van der Waals surface area contributed by atoms with Crippen molar-refractivity contribution in [3.05, 3.63) is 35.4 Å². The lowest BCUT2D eigenvalue weighted by atomic mass is 10.1. The van der Waals surface area contributed by atoms with E-state index in [0.29, 0.717) is 12.1 Å². The van der Waals surface area contributed by atoms with E-state index in [0.717, 1.165) is 12.0 Å². The maximum Gasteiger partial charge on any atom is 0.337 e. The number of hydrogen-bond donors (Lipinski definition) is 0. The Bertz CT molecular complexity index is 497. The molecule has 1 aliphatic heterocycles. The summed E-state index contributed by atoms with van der Waals surface area (Å²) in [4.78, 5) is 25.0. The van der Waals surface area contributed by atoms with Crippen LogP contribution in [0.15, 0.2) is 24.3 Å². The van der Waals surface area contributed by atoms with E-state index in [9.17, 15) is 9.59 Å². The Morgan fingerprint density at radius 2 is 2.05 bits per heavy atom. The number of hydrogen-bond acceptors (Lipinski definition) is 5. The fourth-order valence-electron chi connectivity index (χ4n) is 2.36. The van der Waals surface area contributed by atoms with E-state index in [2.05, 4.69) is 4.74 Å². The number of nitrogens with zero attached hydrogens (tertiary/aromatic N) is 1. The molecule has 0 aliphatic carbocycles. The second-order valence-electron chi connectivity index (χ2n) is 5.10. The van der Waals surface area contributed by atoms with E-state index >= 15 is 0 Å². The van der Waals surface area contributed by atoms with Gasteiger partial charge in [-0.1, -0.05) is 12.1 Å². The van der Waals surface area contributed by atoms with E-state index in [4.69, 9.17) is 4.74 Å². The number of benzene rings is 1. The molecule has 1 aromatic carbocycles. The van der Waals surface area contributed by atoms with Crippen LogP contribution in [0.4, 0.5) is 0 Å². The normalized spacial score (nSPS) is 21.9. The van der Waals surface area contributed by atoms with E-state index in [-0.39, 0.29) is 24.1 Å². The van der Waals surface area contributed by atoms with Crippen LogP contribution >= 0.6 is 0 Å². The van der Waals surface area contributed by atoms with Crippen molar-refractivity contribution in [3.63, 3.8) is 0 Å². The van der Waals surface area contributed by atoms with Crippen molar-refractivity contribution in [1.82, 2.24) is 4.90 Å². The third-order valence-electron chi connectivity index (χ3n) is 3.48. The molecule has 108 valence electrons. The van der Waals surface area contributed by atoms with Gasteiger partial charge in [0.25, 0.3) is 0 Å². The highest BCUT2D eigenvalue weighted by atomic mass is 16.6.